The van der Waals surface area contributed by atoms with Gasteiger partial charge in [0.2, 0.25) is 5.91 Å². The van der Waals surface area contributed by atoms with Crippen molar-refractivity contribution in [3.8, 4) is 0 Å². The molecule has 1 aliphatic heterocycles. The first-order chi connectivity index (χ1) is 10.4. The van der Waals surface area contributed by atoms with Crippen molar-refractivity contribution < 1.29 is 19.2 Å². The van der Waals surface area contributed by atoms with Crippen LogP contribution in [0.3, 0.4) is 0 Å². The lowest BCUT2D eigenvalue weighted by Gasteiger charge is -2.31. The van der Waals surface area contributed by atoms with E-state index in [-0.39, 0.29) is 34.7 Å². The molecule has 1 fully saturated rings. The van der Waals surface area contributed by atoms with Gasteiger partial charge in [-0.25, -0.2) is 4.79 Å². The topological polar surface area (TPSA) is 111 Å². The van der Waals surface area contributed by atoms with Crippen LogP contribution in [0.2, 0.25) is 0 Å². The molecule has 1 aromatic rings. The molecule has 0 aromatic heterocycles. The number of amides is 1. The van der Waals surface area contributed by atoms with Crippen molar-refractivity contribution >= 4 is 23.3 Å². The average Bonchev–Trinajstić information content (AvgIpc) is 2.43. The van der Waals surface area contributed by atoms with Crippen molar-refractivity contribution in [2.24, 2.45) is 11.8 Å². The van der Waals surface area contributed by atoms with Crippen molar-refractivity contribution in [1.82, 2.24) is 5.32 Å². The molecular formula is C14H17N3O5. The second-order valence-electron chi connectivity index (χ2n) is 5.21. The number of non-ortho nitro benzene ring substituents is 1. The van der Waals surface area contributed by atoms with E-state index in [1.165, 1.54) is 19.2 Å². The second-order valence-corrected chi connectivity index (χ2v) is 5.21. The molecule has 0 saturated carbocycles. The highest BCUT2D eigenvalue weighted by molar-refractivity contribution is 5.96. The molecule has 22 heavy (non-hydrogen) atoms. The summed E-state index contributed by atoms with van der Waals surface area (Å²) in [6.07, 6.45) is 0. The summed E-state index contributed by atoms with van der Waals surface area (Å²) in [5.74, 6) is -0.904. The van der Waals surface area contributed by atoms with E-state index in [0.29, 0.717) is 0 Å². The zero-order chi connectivity index (χ0) is 16.3. The molecule has 1 amide bonds. The summed E-state index contributed by atoms with van der Waals surface area (Å²) in [4.78, 5) is 34.0. The average molecular weight is 307 g/mol. The molecule has 0 aliphatic carbocycles. The molecule has 8 nitrogen and oxygen atoms in total. The Hall–Kier alpha value is -2.48. The van der Waals surface area contributed by atoms with Crippen LogP contribution in [0.25, 0.3) is 0 Å². The number of hydrogen-bond donors (Lipinski definition) is 2. The van der Waals surface area contributed by atoms with Crippen LogP contribution >= 0.6 is 0 Å². The van der Waals surface area contributed by atoms with Gasteiger partial charge in [0.05, 0.1) is 17.6 Å². The number of nitro groups is 1. The monoisotopic (exact) mass is 307 g/mol. The number of nitrogens with one attached hydrogen (secondary N) is 2. The molecule has 118 valence electrons. The predicted octanol–water partition coefficient (Wildman–Crippen LogP) is 1.18. The first-order valence-corrected chi connectivity index (χ1v) is 6.81. The van der Waals surface area contributed by atoms with Gasteiger partial charge < -0.3 is 15.4 Å². The normalized spacial score (nSPS) is 15.5. The number of rotatable bonds is 5. The molecule has 0 bridgehead atoms. The van der Waals surface area contributed by atoms with Crippen molar-refractivity contribution in [1.29, 1.82) is 0 Å². The Morgan fingerprint density at radius 3 is 2.59 bits per heavy atom. The minimum absolute atomic E-state index is 0.0185. The molecule has 0 radical (unpaired) electrons. The number of carbonyl (C=O) groups is 2. The van der Waals surface area contributed by atoms with Gasteiger partial charge in [0, 0.05) is 23.7 Å². The zero-order valence-corrected chi connectivity index (χ0v) is 12.3. The van der Waals surface area contributed by atoms with Crippen LogP contribution in [-0.4, -0.2) is 37.0 Å². The van der Waals surface area contributed by atoms with Crippen molar-refractivity contribution in [3.63, 3.8) is 0 Å². The number of benzene rings is 1. The highest BCUT2D eigenvalue weighted by Gasteiger charge is 2.29. The number of methoxy groups -OCH3 is 1. The van der Waals surface area contributed by atoms with Crippen molar-refractivity contribution in [2.75, 3.05) is 25.5 Å². The minimum atomic E-state index is -0.699. The quantitative estimate of drug-likeness (QED) is 0.480. The van der Waals surface area contributed by atoms with Gasteiger partial charge in [0.15, 0.2) is 0 Å². The van der Waals surface area contributed by atoms with Crippen molar-refractivity contribution in [2.45, 2.75) is 6.92 Å². The van der Waals surface area contributed by atoms with Gasteiger partial charge in [-0.05, 0) is 25.1 Å². The van der Waals surface area contributed by atoms with E-state index in [0.717, 1.165) is 19.2 Å². The number of hydrogen-bond acceptors (Lipinski definition) is 6. The van der Waals surface area contributed by atoms with Gasteiger partial charge in [-0.3, -0.25) is 14.9 Å². The molecule has 2 rings (SSSR count). The molecule has 1 atom stereocenters. The highest BCUT2D eigenvalue weighted by Crippen LogP contribution is 2.23. The Morgan fingerprint density at radius 2 is 2.09 bits per heavy atom. The third-order valence-corrected chi connectivity index (χ3v) is 3.75. The van der Waals surface area contributed by atoms with E-state index in [1.54, 1.807) is 6.92 Å². The van der Waals surface area contributed by atoms with Gasteiger partial charge in [-0.1, -0.05) is 6.92 Å². The lowest BCUT2D eigenvalue weighted by molar-refractivity contribution is -0.384. The van der Waals surface area contributed by atoms with E-state index >= 15 is 0 Å². The molecule has 1 heterocycles. The number of nitrogens with zero attached hydrogens (tertiary/aromatic N) is 1. The first kappa shape index (κ1) is 15.9. The highest BCUT2D eigenvalue weighted by atomic mass is 16.6. The third-order valence-electron chi connectivity index (χ3n) is 3.75. The maximum Gasteiger partial charge on any atom is 0.338 e. The minimum Gasteiger partial charge on any atom is -0.465 e. The largest absolute Gasteiger partial charge is 0.465 e. The van der Waals surface area contributed by atoms with E-state index in [4.69, 9.17) is 0 Å². The van der Waals surface area contributed by atoms with Crippen LogP contribution in [-0.2, 0) is 9.53 Å². The standard InChI is InChI=1S/C14H17N3O5/c1-8(10-6-15-7-10)13(18)16-11-3-9(14(19)22-2)4-12(5-11)17(20)21/h3-5,8,10,15H,6-7H2,1-2H3,(H,16,18). The summed E-state index contributed by atoms with van der Waals surface area (Å²) in [5, 5.41) is 16.6. The Bertz CT molecular complexity index is 612. The SMILES string of the molecule is COC(=O)c1cc(NC(=O)C(C)C2CNC2)cc([N+](=O)[O-])c1. The van der Waals surface area contributed by atoms with Crippen LogP contribution in [0, 0.1) is 22.0 Å². The van der Waals surface area contributed by atoms with Crippen LogP contribution < -0.4 is 10.6 Å². The van der Waals surface area contributed by atoms with Crippen LogP contribution in [0.4, 0.5) is 11.4 Å². The van der Waals surface area contributed by atoms with Gasteiger partial charge in [0.1, 0.15) is 0 Å². The molecular weight excluding hydrogens is 290 g/mol. The lowest BCUT2D eigenvalue weighted by Crippen LogP contribution is -2.48. The number of esters is 1. The second kappa shape index (κ2) is 6.52. The smallest absolute Gasteiger partial charge is 0.338 e. The summed E-state index contributed by atoms with van der Waals surface area (Å²) in [7, 11) is 1.19. The fourth-order valence-electron chi connectivity index (χ4n) is 2.16. The first-order valence-electron chi connectivity index (χ1n) is 6.81. The Labute approximate surface area is 127 Å². The van der Waals surface area contributed by atoms with E-state index in [9.17, 15) is 19.7 Å². The number of ether oxygens (including phenoxy) is 1. The fraction of sp³-hybridized carbons (Fsp3) is 0.429. The predicted molar refractivity (Wildman–Crippen MR) is 78.6 cm³/mol. The summed E-state index contributed by atoms with van der Waals surface area (Å²) in [6.45, 7) is 3.35. The van der Waals surface area contributed by atoms with E-state index < -0.39 is 10.9 Å². The summed E-state index contributed by atoms with van der Waals surface area (Å²) in [5.41, 5.74) is -0.0557. The molecule has 1 saturated heterocycles. The van der Waals surface area contributed by atoms with E-state index in [2.05, 4.69) is 15.4 Å². The summed E-state index contributed by atoms with van der Waals surface area (Å²) in [6, 6.07) is 3.69. The maximum absolute atomic E-state index is 12.2. The fourth-order valence-corrected chi connectivity index (χ4v) is 2.16. The van der Waals surface area contributed by atoms with Crippen LogP contribution in [0.1, 0.15) is 17.3 Å². The zero-order valence-electron chi connectivity index (χ0n) is 12.3. The van der Waals surface area contributed by atoms with Crippen LogP contribution in [0.5, 0.6) is 0 Å². The van der Waals surface area contributed by atoms with Gasteiger partial charge in [-0.2, -0.15) is 0 Å². The molecule has 8 heteroatoms. The molecule has 1 unspecified atom stereocenters. The molecule has 2 N–H and O–H groups in total. The lowest BCUT2D eigenvalue weighted by atomic mass is 9.88. The van der Waals surface area contributed by atoms with Gasteiger partial charge in [-0.15, -0.1) is 0 Å². The van der Waals surface area contributed by atoms with Gasteiger partial charge >= 0.3 is 5.97 Å². The Morgan fingerprint density at radius 1 is 1.41 bits per heavy atom. The number of carbonyl (C=O) groups excluding carboxylic acids is 2. The van der Waals surface area contributed by atoms with E-state index in [1.807, 2.05) is 0 Å². The summed E-state index contributed by atoms with van der Waals surface area (Å²) < 4.78 is 4.56. The third kappa shape index (κ3) is 3.40. The number of anilines is 1. The molecule has 1 aromatic carbocycles. The Balaban J connectivity index is 2.21. The van der Waals surface area contributed by atoms with Crippen molar-refractivity contribution in [3.05, 3.63) is 33.9 Å². The van der Waals surface area contributed by atoms with Gasteiger partial charge in [0.25, 0.3) is 5.69 Å². The van der Waals surface area contributed by atoms with Crippen LogP contribution in [0.15, 0.2) is 18.2 Å². The Kier molecular flexibility index (Phi) is 4.71. The molecule has 0 spiro atoms. The maximum atomic E-state index is 12.2. The molecule has 1 aliphatic rings. The summed E-state index contributed by atoms with van der Waals surface area (Å²) >= 11 is 0. The number of nitro benzene ring substituents is 1.